The number of pyridine rings is 1. The fourth-order valence-electron chi connectivity index (χ4n) is 1.60. The van der Waals surface area contributed by atoms with Crippen LogP contribution in [0.2, 0.25) is 0 Å². The van der Waals surface area contributed by atoms with Gasteiger partial charge in [-0.15, -0.1) is 0 Å². The molecular weight excluding hydrogens is 228 g/mol. The van der Waals surface area contributed by atoms with E-state index in [1.54, 1.807) is 36.7 Å². The first kappa shape index (κ1) is 12.1. The molecule has 0 aliphatic rings. The predicted octanol–water partition coefficient (Wildman–Crippen LogP) is 1.65. The van der Waals surface area contributed by atoms with Crippen LogP contribution in [-0.2, 0) is 17.8 Å². The Bertz CT molecular complexity index is 526. The van der Waals surface area contributed by atoms with Crippen molar-refractivity contribution in [1.29, 1.82) is 0 Å². The lowest BCUT2D eigenvalue weighted by Crippen LogP contribution is -2.24. The van der Waals surface area contributed by atoms with Crippen LogP contribution in [0, 0.1) is 0 Å². The zero-order valence-corrected chi connectivity index (χ0v) is 9.84. The van der Waals surface area contributed by atoms with Crippen LogP contribution < -0.4 is 5.32 Å². The SMILES string of the molecule is O=C(Cc1ccccc1O)NCc1ccncc1. The van der Waals surface area contributed by atoms with Crippen LogP contribution in [0.1, 0.15) is 11.1 Å². The lowest BCUT2D eigenvalue weighted by Gasteiger charge is -2.06. The Kier molecular flexibility index (Phi) is 3.91. The normalized spacial score (nSPS) is 10.0. The molecule has 0 fully saturated rings. The largest absolute Gasteiger partial charge is 0.508 e. The first-order valence-electron chi connectivity index (χ1n) is 5.68. The third-order valence-electron chi connectivity index (χ3n) is 2.58. The number of amides is 1. The van der Waals surface area contributed by atoms with Gasteiger partial charge in [0.05, 0.1) is 6.42 Å². The third-order valence-corrected chi connectivity index (χ3v) is 2.58. The summed E-state index contributed by atoms with van der Waals surface area (Å²) in [5.41, 5.74) is 1.63. The van der Waals surface area contributed by atoms with Crippen LogP contribution in [0.4, 0.5) is 0 Å². The number of phenolic OH excluding ortho intramolecular Hbond substituents is 1. The van der Waals surface area contributed by atoms with Crippen LogP contribution in [-0.4, -0.2) is 16.0 Å². The molecule has 0 radical (unpaired) electrons. The van der Waals surface area contributed by atoms with Crippen LogP contribution in [0.15, 0.2) is 48.8 Å². The molecule has 92 valence electrons. The van der Waals surface area contributed by atoms with Gasteiger partial charge in [-0.1, -0.05) is 18.2 Å². The number of carbonyl (C=O) groups is 1. The van der Waals surface area contributed by atoms with Gasteiger partial charge in [0, 0.05) is 24.5 Å². The molecule has 0 saturated carbocycles. The molecule has 4 nitrogen and oxygen atoms in total. The van der Waals surface area contributed by atoms with Gasteiger partial charge in [-0.25, -0.2) is 0 Å². The van der Waals surface area contributed by atoms with Gasteiger partial charge in [-0.2, -0.15) is 0 Å². The lowest BCUT2D eigenvalue weighted by molar-refractivity contribution is -0.120. The maximum Gasteiger partial charge on any atom is 0.224 e. The van der Waals surface area contributed by atoms with E-state index in [-0.39, 0.29) is 18.1 Å². The average molecular weight is 242 g/mol. The molecule has 0 spiro atoms. The molecule has 1 aromatic heterocycles. The Balaban J connectivity index is 1.88. The van der Waals surface area contributed by atoms with E-state index in [2.05, 4.69) is 10.3 Å². The first-order chi connectivity index (χ1) is 8.75. The van der Waals surface area contributed by atoms with Gasteiger partial charge in [0.1, 0.15) is 5.75 Å². The molecule has 4 heteroatoms. The van der Waals surface area contributed by atoms with E-state index in [1.807, 2.05) is 12.1 Å². The molecular formula is C14H14N2O2. The molecule has 0 unspecified atom stereocenters. The van der Waals surface area contributed by atoms with Crippen LogP contribution in [0.3, 0.4) is 0 Å². The number of aromatic hydroxyl groups is 1. The first-order valence-corrected chi connectivity index (χ1v) is 5.68. The summed E-state index contributed by atoms with van der Waals surface area (Å²) in [5.74, 6) is 0.0323. The van der Waals surface area contributed by atoms with Crippen molar-refractivity contribution in [3.63, 3.8) is 0 Å². The van der Waals surface area contributed by atoms with Gasteiger partial charge >= 0.3 is 0 Å². The summed E-state index contributed by atoms with van der Waals surface area (Å²) in [5, 5.41) is 12.4. The topological polar surface area (TPSA) is 62.2 Å². The van der Waals surface area contributed by atoms with E-state index < -0.39 is 0 Å². The van der Waals surface area contributed by atoms with E-state index in [0.717, 1.165) is 5.56 Å². The second-order valence-corrected chi connectivity index (χ2v) is 3.94. The number of rotatable bonds is 4. The fourth-order valence-corrected chi connectivity index (χ4v) is 1.60. The number of hydrogen-bond acceptors (Lipinski definition) is 3. The van der Waals surface area contributed by atoms with Gasteiger partial charge in [0.2, 0.25) is 5.91 Å². The number of phenols is 1. The second kappa shape index (κ2) is 5.82. The number of carbonyl (C=O) groups excluding carboxylic acids is 1. The van der Waals surface area contributed by atoms with Crippen molar-refractivity contribution in [2.75, 3.05) is 0 Å². The molecule has 2 aromatic rings. The molecule has 1 amide bonds. The number of hydrogen-bond donors (Lipinski definition) is 2. The number of nitrogens with zero attached hydrogens (tertiary/aromatic N) is 1. The van der Waals surface area contributed by atoms with Crippen molar-refractivity contribution in [2.45, 2.75) is 13.0 Å². The lowest BCUT2D eigenvalue weighted by atomic mass is 10.1. The summed E-state index contributed by atoms with van der Waals surface area (Å²) in [7, 11) is 0. The smallest absolute Gasteiger partial charge is 0.224 e. The quantitative estimate of drug-likeness (QED) is 0.856. The molecule has 1 heterocycles. The summed E-state index contributed by atoms with van der Waals surface area (Å²) in [6.45, 7) is 0.467. The van der Waals surface area contributed by atoms with E-state index in [4.69, 9.17) is 0 Å². The highest BCUT2D eigenvalue weighted by molar-refractivity contribution is 5.79. The molecule has 0 aliphatic carbocycles. The van der Waals surface area contributed by atoms with Crippen molar-refractivity contribution in [2.24, 2.45) is 0 Å². The molecule has 2 rings (SSSR count). The van der Waals surface area contributed by atoms with Crippen LogP contribution in [0.25, 0.3) is 0 Å². The Morgan fingerprint density at radius 1 is 1.17 bits per heavy atom. The maximum absolute atomic E-state index is 11.7. The van der Waals surface area contributed by atoms with E-state index in [9.17, 15) is 9.90 Å². The minimum atomic E-state index is -0.117. The Hall–Kier alpha value is -2.36. The van der Waals surface area contributed by atoms with E-state index in [0.29, 0.717) is 12.1 Å². The summed E-state index contributed by atoms with van der Waals surface area (Å²) < 4.78 is 0. The summed E-state index contributed by atoms with van der Waals surface area (Å²) in [6.07, 6.45) is 3.55. The highest BCUT2D eigenvalue weighted by Gasteiger charge is 2.06. The molecule has 18 heavy (non-hydrogen) atoms. The average Bonchev–Trinajstić information content (AvgIpc) is 2.40. The van der Waals surface area contributed by atoms with Crippen LogP contribution in [0.5, 0.6) is 5.75 Å². The molecule has 0 aliphatic heterocycles. The summed E-state index contributed by atoms with van der Waals surface area (Å²) >= 11 is 0. The minimum Gasteiger partial charge on any atom is -0.508 e. The van der Waals surface area contributed by atoms with Gasteiger partial charge < -0.3 is 10.4 Å². The highest BCUT2D eigenvalue weighted by Crippen LogP contribution is 2.15. The van der Waals surface area contributed by atoms with Crippen molar-refractivity contribution in [3.05, 3.63) is 59.9 Å². The predicted molar refractivity (Wildman–Crippen MR) is 67.9 cm³/mol. The van der Waals surface area contributed by atoms with Crippen molar-refractivity contribution < 1.29 is 9.90 Å². The monoisotopic (exact) mass is 242 g/mol. The van der Waals surface area contributed by atoms with E-state index in [1.165, 1.54) is 0 Å². The zero-order valence-electron chi connectivity index (χ0n) is 9.84. The molecule has 1 aromatic carbocycles. The third kappa shape index (κ3) is 3.31. The van der Waals surface area contributed by atoms with Gasteiger partial charge in [-0.3, -0.25) is 9.78 Å². The highest BCUT2D eigenvalue weighted by atomic mass is 16.3. The van der Waals surface area contributed by atoms with Crippen LogP contribution >= 0.6 is 0 Å². The number of nitrogens with one attached hydrogen (secondary N) is 1. The van der Waals surface area contributed by atoms with Crippen molar-refractivity contribution in [3.8, 4) is 5.75 Å². The molecule has 0 atom stereocenters. The van der Waals surface area contributed by atoms with E-state index >= 15 is 0 Å². The summed E-state index contributed by atoms with van der Waals surface area (Å²) in [4.78, 5) is 15.6. The zero-order chi connectivity index (χ0) is 12.8. The maximum atomic E-state index is 11.7. The standard InChI is InChI=1S/C14H14N2O2/c17-13-4-2-1-3-12(13)9-14(18)16-10-11-5-7-15-8-6-11/h1-8,17H,9-10H2,(H,16,18). The van der Waals surface area contributed by atoms with Crippen molar-refractivity contribution >= 4 is 5.91 Å². The second-order valence-electron chi connectivity index (χ2n) is 3.94. The minimum absolute atomic E-state index is 0.117. The van der Waals surface area contributed by atoms with Crippen molar-refractivity contribution in [1.82, 2.24) is 10.3 Å². The fraction of sp³-hybridized carbons (Fsp3) is 0.143. The molecule has 0 saturated heterocycles. The van der Waals surface area contributed by atoms with Gasteiger partial charge in [0.25, 0.3) is 0 Å². The number of para-hydroxylation sites is 1. The Labute approximate surface area is 105 Å². The summed E-state index contributed by atoms with van der Waals surface area (Å²) in [6, 6.07) is 10.5. The number of benzene rings is 1. The van der Waals surface area contributed by atoms with Gasteiger partial charge in [0.15, 0.2) is 0 Å². The Morgan fingerprint density at radius 3 is 2.61 bits per heavy atom. The molecule has 0 bridgehead atoms. The molecule has 2 N–H and O–H groups in total. The number of aromatic nitrogens is 1. The Morgan fingerprint density at radius 2 is 1.89 bits per heavy atom. The van der Waals surface area contributed by atoms with Gasteiger partial charge in [-0.05, 0) is 23.8 Å².